The van der Waals surface area contributed by atoms with E-state index < -0.39 is 5.97 Å². The van der Waals surface area contributed by atoms with Gasteiger partial charge in [0.05, 0.1) is 0 Å². The van der Waals surface area contributed by atoms with Crippen molar-refractivity contribution in [3.05, 3.63) is 35.0 Å². The van der Waals surface area contributed by atoms with E-state index in [0.29, 0.717) is 12.2 Å². The fraction of sp³-hybridized carbons (Fsp3) is 0.308. The van der Waals surface area contributed by atoms with Crippen molar-refractivity contribution in [2.75, 3.05) is 7.05 Å². The van der Waals surface area contributed by atoms with Crippen LogP contribution in [0.2, 0.25) is 0 Å². The molecule has 2 aromatic rings. The Morgan fingerprint density at radius 2 is 2.06 bits per heavy atom. The molecule has 0 amide bonds. The summed E-state index contributed by atoms with van der Waals surface area (Å²) in [5.74, 6) is -0.847. The Morgan fingerprint density at radius 3 is 2.76 bits per heavy atom. The van der Waals surface area contributed by atoms with Crippen LogP contribution in [0.4, 0.5) is 0 Å². The average Bonchev–Trinajstić information content (AvgIpc) is 2.53. The molecule has 4 heteroatoms. The molecule has 0 spiro atoms. The topological polar surface area (TPSA) is 45.5 Å². The van der Waals surface area contributed by atoms with E-state index in [1.807, 2.05) is 26.2 Å². The number of benzene rings is 1. The first-order valence-electron chi connectivity index (χ1n) is 5.60. The van der Waals surface area contributed by atoms with Crippen molar-refractivity contribution in [3.8, 4) is 0 Å². The van der Waals surface area contributed by atoms with Crippen LogP contribution in [0.25, 0.3) is 10.9 Å². The number of nitrogens with zero attached hydrogens (tertiary/aromatic N) is 2. The highest BCUT2D eigenvalue weighted by molar-refractivity contribution is 5.99. The van der Waals surface area contributed by atoms with Gasteiger partial charge in [-0.1, -0.05) is 12.1 Å². The lowest BCUT2D eigenvalue weighted by Gasteiger charge is -2.22. The number of aryl methyl sites for hydroxylation is 1. The van der Waals surface area contributed by atoms with Gasteiger partial charge in [0.15, 0.2) is 0 Å². The number of hydrogen-bond donors (Lipinski definition) is 1. The lowest BCUT2D eigenvalue weighted by molar-refractivity contribution is 0.0684. The van der Waals surface area contributed by atoms with Crippen LogP contribution in [0.3, 0.4) is 0 Å². The van der Waals surface area contributed by atoms with E-state index in [2.05, 4.69) is 11.0 Å². The van der Waals surface area contributed by atoms with E-state index in [1.54, 1.807) is 4.57 Å². The minimum absolute atomic E-state index is 0.416. The molecule has 17 heavy (non-hydrogen) atoms. The first kappa shape index (κ1) is 10.4. The van der Waals surface area contributed by atoms with Gasteiger partial charge in [-0.3, -0.25) is 4.90 Å². The number of carbonyl (C=O) groups is 1. The second-order valence-corrected chi connectivity index (χ2v) is 4.67. The fourth-order valence-corrected chi connectivity index (χ4v) is 2.83. The van der Waals surface area contributed by atoms with Gasteiger partial charge >= 0.3 is 5.97 Å². The van der Waals surface area contributed by atoms with Crippen LogP contribution in [0.1, 0.15) is 21.6 Å². The Hall–Kier alpha value is -1.81. The summed E-state index contributed by atoms with van der Waals surface area (Å²) in [5.41, 5.74) is 3.59. The van der Waals surface area contributed by atoms with Gasteiger partial charge in [0.25, 0.3) is 0 Å². The largest absolute Gasteiger partial charge is 0.477 e. The van der Waals surface area contributed by atoms with E-state index in [1.165, 1.54) is 5.56 Å². The third kappa shape index (κ3) is 1.31. The van der Waals surface area contributed by atoms with Crippen LogP contribution in [0, 0.1) is 0 Å². The third-order valence-electron chi connectivity index (χ3n) is 3.48. The van der Waals surface area contributed by atoms with Crippen molar-refractivity contribution >= 4 is 16.9 Å². The van der Waals surface area contributed by atoms with Crippen molar-refractivity contribution < 1.29 is 9.90 Å². The Balaban J connectivity index is 2.45. The number of carboxylic acids is 1. The molecular formula is C13H14N2O2. The summed E-state index contributed by atoms with van der Waals surface area (Å²) in [6, 6.07) is 6.06. The van der Waals surface area contributed by atoms with Crippen LogP contribution < -0.4 is 0 Å². The van der Waals surface area contributed by atoms with E-state index >= 15 is 0 Å². The standard InChI is InChI=1S/C13H14N2O2/c1-14-6-8-4-3-5-10-11(8)9(7-14)12(13(16)17)15(10)2/h3-5H,6-7H2,1-2H3,(H,16,17). The van der Waals surface area contributed by atoms with Gasteiger partial charge in [-0.25, -0.2) is 4.79 Å². The Bertz CT molecular complexity index is 628. The number of rotatable bonds is 1. The smallest absolute Gasteiger partial charge is 0.352 e. The second kappa shape index (κ2) is 3.34. The highest BCUT2D eigenvalue weighted by Crippen LogP contribution is 2.33. The minimum Gasteiger partial charge on any atom is -0.477 e. The molecule has 0 atom stereocenters. The number of aromatic nitrogens is 1. The van der Waals surface area contributed by atoms with Gasteiger partial charge in [0, 0.05) is 36.6 Å². The molecule has 88 valence electrons. The lowest BCUT2D eigenvalue weighted by atomic mass is 10.0. The molecule has 3 rings (SSSR count). The summed E-state index contributed by atoms with van der Waals surface area (Å²) < 4.78 is 1.79. The van der Waals surface area contributed by atoms with Gasteiger partial charge in [-0.05, 0) is 18.7 Å². The zero-order valence-electron chi connectivity index (χ0n) is 9.90. The normalized spacial score (nSPS) is 15.4. The maximum atomic E-state index is 11.4. The molecule has 2 heterocycles. The molecule has 0 radical (unpaired) electrons. The van der Waals surface area contributed by atoms with Crippen LogP contribution in [-0.4, -0.2) is 27.6 Å². The van der Waals surface area contributed by atoms with Crippen LogP contribution in [-0.2, 0) is 20.1 Å². The number of hydrogen-bond acceptors (Lipinski definition) is 2. The molecule has 1 aliphatic heterocycles. The molecule has 1 aromatic carbocycles. The summed E-state index contributed by atoms with van der Waals surface area (Å²) in [4.78, 5) is 13.5. The molecule has 0 bridgehead atoms. The predicted octanol–water partition coefficient (Wildman–Crippen LogP) is 1.82. The molecular weight excluding hydrogens is 216 g/mol. The third-order valence-corrected chi connectivity index (χ3v) is 3.48. The maximum absolute atomic E-state index is 11.4. The highest BCUT2D eigenvalue weighted by atomic mass is 16.4. The monoisotopic (exact) mass is 230 g/mol. The van der Waals surface area contributed by atoms with Crippen molar-refractivity contribution in [2.24, 2.45) is 7.05 Å². The molecule has 0 saturated heterocycles. The van der Waals surface area contributed by atoms with Crippen LogP contribution in [0.15, 0.2) is 18.2 Å². The quantitative estimate of drug-likeness (QED) is 0.812. The molecule has 0 fully saturated rings. The lowest BCUT2D eigenvalue weighted by Crippen LogP contribution is -2.22. The molecule has 1 aromatic heterocycles. The van der Waals surface area contributed by atoms with E-state index in [0.717, 1.165) is 23.0 Å². The van der Waals surface area contributed by atoms with Gasteiger partial charge in [-0.2, -0.15) is 0 Å². The maximum Gasteiger partial charge on any atom is 0.352 e. The van der Waals surface area contributed by atoms with Gasteiger partial charge < -0.3 is 9.67 Å². The zero-order chi connectivity index (χ0) is 12.2. The van der Waals surface area contributed by atoms with Gasteiger partial charge in [-0.15, -0.1) is 0 Å². The van der Waals surface area contributed by atoms with Gasteiger partial charge in [0.1, 0.15) is 5.69 Å². The summed E-state index contributed by atoms with van der Waals surface area (Å²) in [6.07, 6.45) is 0. The molecule has 1 aliphatic rings. The van der Waals surface area contributed by atoms with Crippen LogP contribution >= 0.6 is 0 Å². The van der Waals surface area contributed by atoms with E-state index in [9.17, 15) is 9.90 Å². The molecule has 1 N–H and O–H groups in total. The molecule has 0 aliphatic carbocycles. The van der Waals surface area contributed by atoms with Crippen molar-refractivity contribution in [3.63, 3.8) is 0 Å². The predicted molar refractivity (Wildman–Crippen MR) is 65.0 cm³/mol. The number of aromatic carboxylic acids is 1. The number of carboxylic acid groups (broad SMARTS) is 1. The van der Waals surface area contributed by atoms with Crippen LogP contribution in [0.5, 0.6) is 0 Å². The summed E-state index contributed by atoms with van der Waals surface area (Å²) >= 11 is 0. The summed E-state index contributed by atoms with van der Waals surface area (Å²) in [7, 11) is 3.84. The van der Waals surface area contributed by atoms with E-state index in [-0.39, 0.29) is 0 Å². The molecule has 0 unspecified atom stereocenters. The van der Waals surface area contributed by atoms with Crippen molar-refractivity contribution in [1.82, 2.24) is 9.47 Å². The first-order chi connectivity index (χ1) is 8.09. The summed E-state index contributed by atoms with van der Waals surface area (Å²) in [6.45, 7) is 1.59. The zero-order valence-corrected chi connectivity index (χ0v) is 9.90. The Morgan fingerprint density at radius 1 is 1.29 bits per heavy atom. The van der Waals surface area contributed by atoms with Crippen molar-refractivity contribution in [2.45, 2.75) is 13.1 Å². The first-order valence-corrected chi connectivity index (χ1v) is 5.60. The SMILES string of the molecule is CN1Cc2cccc3c2c(c(C(=O)O)n3C)C1. The fourth-order valence-electron chi connectivity index (χ4n) is 2.83. The Kier molecular flexibility index (Phi) is 2.03. The molecule has 4 nitrogen and oxygen atoms in total. The minimum atomic E-state index is -0.847. The molecule has 0 saturated carbocycles. The van der Waals surface area contributed by atoms with Gasteiger partial charge in [0.2, 0.25) is 0 Å². The Labute approximate surface area is 99.1 Å². The highest BCUT2D eigenvalue weighted by Gasteiger charge is 2.26. The second-order valence-electron chi connectivity index (χ2n) is 4.67. The summed E-state index contributed by atoms with van der Waals surface area (Å²) in [5, 5.41) is 10.5. The van der Waals surface area contributed by atoms with Crippen molar-refractivity contribution in [1.29, 1.82) is 0 Å². The average molecular weight is 230 g/mol. The van der Waals surface area contributed by atoms with E-state index in [4.69, 9.17) is 0 Å².